The Hall–Kier alpha value is -2.97. The summed E-state index contributed by atoms with van der Waals surface area (Å²) in [5, 5.41) is 7.89. The Morgan fingerprint density at radius 3 is 2.79 bits per heavy atom. The van der Waals surface area contributed by atoms with Crippen molar-refractivity contribution in [1.82, 2.24) is 24.6 Å². The molecule has 0 saturated carbocycles. The van der Waals surface area contributed by atoms with Gasteiger partial charge in [-0.3, -0.25) is 14.4 Å². The fourth-order valence-corrected chi connectivity index (χ4v) is 4.41. The molecule has 1 N–H and O–H groups in total. The minimum Gasteiger partial charge on any atom is -0.347 e. The third kappa shape index (κ3) is 5.17. The number of hydrogen-bond acceptors (Lipinski definition) is 6. The van der Waals surface area contributed by atoms with Crippen LogP contribution in [0.2, 0.25) is 5.02 Å². The van der Waals surface area contributed by atoms with Crippen LogP contribution in [0.25, 0.3) is 11.1 Å². The van der Waals surface area contributed by atoms with Gasteiger partial charge in [0.15, 0.2) is 0 Å². The Kier molecular flexibility index (Phi) is 6.95. The minimum absolute atomic E-state index is 0.00942. The number of piperidine rings is 1. The average Bonchev–Trinajstić information content (AvgIpc) is 3.11. The average molecular weight is 468 g/mol. The monoisotopic (exact) mass is 467 g/mol. The zero-order valence-electron chi connectivity index (χ0n) is 19.5. The lowest BCUT2D eigenvalue weighted by atomic mass is 9.94. The molecule has 0 spiro atoms. The zero-order valence-corrected chi connectivity index (χ0v) is 20.3. The number of rotatable bonds is 6. The summed E-state index contributed by atoms with van der Waals surface area (Å²) in [7, 11) is 5.72. The molecule has 9 heteroatoms. The second-order valence-corrected chi connectivity index (χ2v) is 9.11. The maximum Gasteiger partial charge on any atom is 0.238 e. The van der Waals surface area contributed by atoms with E-state index in [1.165, 1.54) is 0 Å². The number of aryl methyl sites for hydroxylation is 1. The van der Waals surface area contributed by atoms with Crippen LogP contribution in [0.4, 0.5) is 11.6 Å². The van der Waals surface area contributed by atoms with Gasteiger partial charge in [0.1, 0.15) is 0 Å². The Labute approximate surface area is 199 Å². The maximum atomic E-state index is 12.9. The van der Waals surface area contributed by atoms with Gasteiger partial charge in [0.05, 0.1) is 35.9 Å². The Morgan fingerprint density at radius 1 is 1.27 bits per heavy atom. The number of anilines is 2. The molecule has 1 unspecified atom stereocenters. The van der Waals surface area contributed by atoms with Crippen LogP contribution in [0, 0.1) is 6.92 Å². The summed E-state index contributed by atoms with van der Waals surface area (Å²) >= 11 is 6.28. The molecule has 1 fully saturated rings. The van der Waals surface area contributed by atoms with E-state index in [9.17, 15) is 4.79 Å². The first-order chi connectivity index (χ1) is 15.8. The van der Waals surface area contributed by atoms with Crippen molar-refractivity contribution in [2.45, 2.75) is 32.2 Å². The molecule has 3 heterocycles. The molecular weight excluding hydrogens is 438 g/mol. The highest BCUT2D eigenvalue weighted by Gasteiger charge is 2.30. The summed E-state index contributed by atoms with van der Waals surface area (Å²) in [6.07, 6.45) is 6.62. The molecule has 1 aliphatic rings. The lowest BCUT2D eigenvalue weighted by Gasteiger charge is -2.36. The summed E-state index contributed by atoms with van der Waals surface area (Å²) in [6, 6.07) is 7.76. The number of carbonyl (C=O) groups is 1. The molecule has 1 atom stereocenters. The van der Waals surface area contributed by atoms with Crippen LogP contribution in [0.3, 0.4) is 0 Å². The first-order valence-corrected chi connectivity index (χ1v) is 11.5. The smallest absolute Gasteiger partial charge is 0.238 e. The molecule has 1 aliphatic heterocycles. The number of aromatic nitrogens is 4. The molecule has 0 bridgehead atoms. The molecule has 174 valence electrons. The van der Waals surface area contributed by atoms with Crippen molar-refractivity contribution in [1.29, 1.82) is 0 Å². The Morgan fingerprint density at radius 2 is 2.09 bits per heavy atom. The molecule has 1 saturated heterocycles. The van der Waals surface area contributed by atoms with E-state index in [-0.39, 0.29) is 18.5 Å². The van der Waals surface area contributed by atoms with Crippen molar-refractivity contribution in [2.24, 2.45) is 7.05 Å². The van der Waals surface area contributed by atoms with Crippen LogP contribution in [-0.2, 0) is 11.8 Å². The van der Waals surface area contributed by atoms with Gasteiger partial charge >= 0.3 is 0 Å². The lowest BCUT2D eigenvalue weighted by molar-refractivity contribution is -0.118. The number of benzene rings is 1. The van der Waals surface area contributed by atoms with Crippen molar-refractivity contribution in [3.63, 3.8) is 0 Å². The highest BCUT2D eigenvalue weighted by Crippen LogP contribution is 2.36. The van der Waals surface area contributed by atoms with E-state index >= 15 is 0 Å². The normalized spacial score (nSPS) is 16.6. The summed E-state index contributed by atoms with van der Waals surface area (Å²) in [5.41, 5.74) is 4.52. The maximum absolute atomic E-state index is 12.9. The predicted molar refractivity (Wildman–Crippen MR) is 132 cm³/mol. The van der Waals surface area contributed by atoms with Crippen molar-refractivity contribution < 1.29 is 4.79 Å². The summed E-state index contributed by atoms with van der Waals surface area (Å²) in [4.78, 5) is 26.6. The van der Waals surface area contributed by atoms with Gasteiger partial charge in [-0.05, 0) is 44.0 Å². The van der Waals surface area contributed by atoms with E-state index in [1.807, 2.05) is 63.4 Å². The van der Waals surface area contributed by atoms with Crippen LogP contribution in [0.15, 0.2) is 36.7 Å². The van der Waals surface area contributed by atoms with E-state index in [0.717, 1.165) is 54.0 Å². The molecule has 2 aromatic heterocycles. The zero-order chi connectivity index (χ0) is 23.5. The van der Waals surface area contributed by atoms with Crippen LogP contribution in [-0.4, -0.2) is 57.7 Å². The van der Waals surface area contributed by atoms with Crippen molar-refractivity contribution in [3.8, 4) is 11.1 Å². The molecule has 8 nitrogen and oxygen atoms in total. The number of hydrogen-bond donors (Lipinski definition) is 1. The molecule has 3 aromatic rings. The number of halogens is 1. The summed E-state index contributed by atoms with van der Waals surface area (Å²) < 4.78 is 1.75. The number of likely N-dealkylation sites (tertiary alicyclic amines) is 1. The SMILES string of the molecule is Cc1c(NC(=O)CN2CCCCC2c2nc(N(C)C)ncc2-c2cccc(Cl)c2)cnn1C. The first-order valence-electron chi connectivity index (χ1n) is 11.2. The number of amides is 1. The van der Waals surface area contributed by atoms with Crippen molar-refractivity contribution in [2.75, 3.05) is 37.4 Å². The van der Waals surface area contributed by atoms with Crippen LogP contribution < -0.4 is 10.2 Å². The first kappa shape index (κ1) is 23.2. The van der Waals surface area contributed by atoms with Crippen molar-refractivity contribution in [3.05, 3.63) is 53.1 Å². The predicted octanol–water partition coefficient (Wildman–Crippen LogP) is 4.07. The Balaban J connectivity index is 1.65. The number of carbonyl (C=O) groups excluding carboxylic acids is 1. The second kappa shape index (κ2) is 9.89. The molecule has 1 aromatic carbocycles. The fourth-order valence-electron chi connectivity index (χ4n) is 4.22. The van der Waals surface area contributed by atoms with Crippen molar-refractivity contribution >= 4 is 29.1 Å². The van der Waals surface area contributed by atoms with Gasteiger partial charge in [-0.2, -0.15) is 5.10 Å². The molecule has 4 rings (SSSR count). The summed E-state index contributed by atoms with van der Waals surface area (Å²) in [6.45, 7) is 3.06. The third-order valence-corrected chi connectivity index (χ3v) is 6.36. The molecule has 33 heavy (non-hydrogen) atoms. The molecule has 0 aliphatic carbocycles. The molecule has 1 amide bonds. The van der Waals surface area contributed by atoms with E-state index in [2.05, 4.69) is 20.3 Å². The van der Waals surface area contributed by atoms with E-state index in [4.69, 9.17) is 16.6 Å². The summed E-state index contributed by atoms with van der Waals surface area (Å²) in [5.74, 6) is 0.598. The molecule has 0 radical (unpaired) electrons. The minimum atomic E-state index is -0.0517. The van der Waals surface area contributed by atoms with E-state index < -0.39 is 0 Å². The van der Waals surface area contributed by atoms with E-state index in [0.29, 0.717) is 11.0 Å². The van der Waals surface area contributed by atoms with Crippen LogP contribution in [0.1, 0.15) is 36.7 Å². The van der Waals surface area contributed by atoms with Crippen LogP contribution in [0.5, 0.6) is 0 Å². The number of nitrogens with one attached hydrogen (secondary N) is 1. The van der Waals surface area contributed by atoms with Gasteiger partial charge in [-0.15, -0.1) is 0 Å². The van der Waals surface area contributed by atoms with Crippen LogP contribution >= 0.6 is 11.6 Å². The van der Waals surface area contributed by atoms with Gasteiger partial charge < -0.3 is 10.2 Å². The fraction of sp³-hybridized carbons (Fsp3) is 0.417. The highest BCUT2D eigenvalue weighted by atomic mass is 35.5. The van der Waals surface area contributed by atoms with Gasteiger partial charge in [0, 0.05) is 37.9 Å². The van der Waals surface area contributed by atoms with Gasteiger partial charge in [0.25, 0.3) is 0 Å². The third-order valence-electron chi connectivity index (χ3n) is 6.13. The second-order valence-electron chi connectivity index (χ2n) is 8.67. The van der Waals surface area contributed by atoms with Gasteiger partial charge in [-0.1, -0.05) is 30.2 Å². The largest absolute Gasteiger partial charge is 0.347 e. The molecular formula is C24H30ClN7O. The quantitative estimate of drug-likeness (QED) is 0.588. The standard InChI is InChI=1S/C24H30ClN7O/c1-16-20(14-27-31(16)4)28-22(33)15-32-11-6-5-10-21(32)23-19(13-26-24(29-23)30(2)3)17-8-7-9-18(25)12-17/h7-9,12-14,21H,5-6,10-11,15H2,1-4H3,(H,28,33). The Bertz CT molecular complexity index is 1140. The highest BCUT2D eigenvalue weighted by molar-refractivity contribution is 6.30. The van der Waals surface area contributed by atoms with Gasteiger partial charge in [0.2, 0.25) is 11.9 Å². The number of nitrogens with zero attached hydrogens (tertiary/aromatic N) is 6. The van der Waals surface area contributed by atoms with E-state index in [1.54, 1.807) is 10.9 Å². The topological polar surface area (TPSA) is 79.2 Å². The van der Waals surface area contributed by atoms with Gasteiger partial charge in [-0.25, -0.2) is 9.97 Å². The lowest BCUT2D eigenvalue weighted by Crippen LogP contribution is -2.40.